The van der Waals surface area contributed by atoms with Gasteiger partial charge in [-0.15, -0.1) is 0 Å². The number of rotatable bonds is 10. The van der Waals surface area contributed by atoms with Crippen molar-refractivity contribution in [2.24, 2.45) is 0 Å². The molecule has 31 heavy (non-hydrogen) atoms. The second-order valence-corrected chi connectivity index (χ2v) is 9.29. The minimum absolute atomic E-state index is 0.00314. The average Bonchev–Trinajstić information content (AvgIpc) is 2.74. The molecular formula is C21H24Cl2N2O5S. The number of sulfonamides is 1. The minimum Gasteiger partial charge on any atom is -0.452 e. The van der Waals surface area contributed by atoms with E-state index in [-0.39, 0.29) is 28.6 Å². The molecule has 168 valence electrons. The van der Waals surface area contributed by atoms with Gasteiger partial charge in [-0.2, -0.15) is 4.31 Å². The third-order valence-electron chi connectivity index (χ3n) is 4.47. The van der Waals surface area contributed by atoms with Crippen LogP contribution in [0, 0.1) is 0 Å². The van der Waals surface area contributed by atoms with Gasteiger partial charge < -0.3 is 10.1 Å². The molecule has 0 aliphatic carbocycles. The first kappa shape index (κ1) is 25.1. The van der Waals surface area contributed by atoms with Crippen molar-refractivity contribution in [1.82, 2.24) is 9.62 Å². The van der Waals surface area contributed by atoms with Gasteiger partial charge in [-0.3, -0.25) is 4.79 Å². The van der Waals surface area contributed by atoms with Gasteiger partial charge in [0.2, 0.25) is 10.0 Å². The number of carbonyl (C=O) groups is 2. The molecule has 2 aromatic carbocycles. The summed E-state index contributed by atoms with van der Waals surface area (Å²) in [6.45, 7) is 3.82. The van der Waals surface area contributed by atoms with Crippen LogP contribution in [0.3, 0.4) is 0 Å². The lowest BCUT2D eigenvalue weighted by molar-refractivity contribution is -0.124. The molecule has 0 bridgehead atoms. The van der Waals surface area contributed by atoms with E-state index in [9.17, 15) is 18.0 Å². The van der Waals surface area contributed by atoms with E-state index in [1.807, 2.05) is 12.1 Å². The third kappa shape index (κ3) is 6.93. The Kier molecular flexibility index (Phi) is 9.31. The topological polar surface area (TPSA) is 92.8 Å². The van der Waals surface area contributed by atoms with Crippen LogP contribution in [0.4, 0.5) is 0 Å². The Hall–Kier alpha value is -2.13. The number of esters is 1. The minimum atomic E-state index is -3.85. The molecule has 0 unspecified atom stereocenters. The van der Waals surface area contributed by atoms with Crippen LogP contribution in [0.15, 0.2) is 47.4 Å². The molecule has 0 spiro atoms. The predicted molar refractivity (Wildman–Crippen MR) is 120 cm³/mol. The smallest absolute Gasteiger partial charge is 0.338 e. The maximum atomic E-state index is 12.7. The molecule has 0 fully saturated rings. The highest BCUT2D eigenvalue weighted by Crippen LogP contribution is 2.26. The van der Waals surface area contributed by atoms with Crippen molar-refractivity contribution >= 4 is 45.1 Å². The Morgan fingerprint density at radius 1 is 1.03 bits per heavy atom. The van der Waals surface area contributed by atoms with Gasteiger partial charge in [0.05, 0.1) is 10.6 Å². The number of hydrogen-bond acceptors (Lipinski definition) is 5. The molecule has 0 aromatic heterocycles. The second kappa shape index (κ2) is 11.5. The van der Waals surface area contributed by atoms with Crippen LogP contribution in [0.25, 0.3) is 0 Å². The SMILES string of the molecule is CCN(CC)S(=O)(=O)c1cc(C(=O)OCC(=O)NCCc2ccc(Cl)cc2)ccc1Cl. The van der Waals surface area contributed by atoms with Crippen LogP contribution in [0.1, 0.15) is 29.8 Å². The van der Waals surface area contributed by atoms with Gasteiger partial charge in [-0.25, -0.2) is 13.2 Å². The van der Waals surface area contributed by atoms with E-state index in [0.29, 0.717) is 18.0 Å². The fourth-order valence-electron chi connectivity index (χ4n) is 2.79. The summed E-state index contributed by atoms with van der Waals surface area (Å²) >= 11 is 11.9. The fraction of sp³-hybridized carbons (Fsp3) is 0.333. The molecule has 0 saturated heterocycles. The van der Waals surface area contributed by atoms with Gasteiger partial charge in [0.25, 0.3) is 5.91 Å². The second-order valence-electron chi connectivity index (χ2n) is 6.54. The maximum absolute atomic E-state index is 12.7. The van der Waals surface area contributed by atoms with Crippen molar-refractivity contribution in [3.63, 3.8) is 0 Å². The third-order valence-corrected chi connectivity index (χ3v) is 7.26. The van der Waals surface area contributed by atoms with E-state index in [4.69, 9.17) is 27.9 Å². The number of nitrogens with zero attached hydrogens (tertiary/aromatic N) is 1. The van der Waals surface area contributed by atoms with Crippen LogP contribution in [0.2, 0.25) is 10.0 Å². The number of nitrogens with one attached hydrogen (secondary N) is 1. The number of hydrogen-bond donors (Lipinski definition) is 1. The van der Waals surface area contributed by atoms with E-state index in [2.05, 4.69) is 5.32 Å². The molecule has 0 saturated carbocycles. The van der Waals surface area contributed by atoms with E-state index >= 15 is 0 Å². The molecule has 2 aromatic rings. The molecule has 0 aliphatic rings. The Labute approximate surface area is 192 Å². The van der Waals surface area contributed by atoms with Gasteiger partial charge in [0.1, 0.15) is 4.90 Å². The van der Waals surface area contributed by atoms with E-state index < -0.39 is 28.5 Å². The zero-order valence-electron chi connectivity index (χ0n) is 17.2. The largest absolute Gasteiger partial charge is 0.452 e. The molecule has 1 N–H and O–H groups in total. The Morgan fingerprint density at radius 2 is 1.68 bits per heavy atom. The predicted octanol–water partition coefficient (Wildman–Crippen LogP) is 3.54. The van der Waals surface area contributed by atoms with Crippen LogP contribution in [-0.2, 0) is 26.0 Å². The summed E-state index contributed by atoms with van der Waals surface area (Å²) in [7, 11) is -3.85. The number of carbonyl (C=O) groups excluding carboxylic acids is 2. The molecule has 0 heterocycles. The van der Waals surface area contributed by atoms with Gasteiger partial charge >= 0.3 is 5.97 Å². The van der Waals surface area contributed by atoms with Crippen molar-refractivity contribution in [3.8, 4) is 0 Å². The van der Waals surface area contributed by atoms with Crippen molar-refractivity contribution in [2.75, 3.05) is 26.2 Å². The number of halogens is 2. The van der Waals surface area contributed by atoms with Crippen molar-refractivity contribution in [3.05, 3.63) is 63.6 Å². The first-order chi connectivity index (χ1) is 14.7. The van der Waals surface area contributed by atoms with Gasteiger partial charge in [-0.1, -0.05) is 49.2 Å². The number of amides is 1. The highest BCUT2D eigenvalue weighted by Gasteiger charge is 2.26. The van der Waals surface area contributed by atoms with E-state index in [0.717, 1.165) is 11.6 Å². The van der Waals surface area contributed by atoms with Gasteiger partial charge in [0.15, 0.2) is 6.61 Å². The zero-order chi connectivity index (χ0) is 23.0. The normalized spacial score (nSPS) is 11.4. The first-order valence-corrected chi connectivity index (χ1v) is 11.9. The Morgan fingerprint density at radius 3 is 2.29 bits per heavy atom. The molecule has 0 radical (unpaired) electrons. The van der Waals surface area contributed by atoms with Crippen molar-refractivity contribution in [2.45, 2.75) is 25.2 Å². The summed E-state index contributed by atoms with van der Waals surface area (Å²) in [5, 5.41) is 3.29. The van der Waals surface area contributed by atoms with Gasteiger partial charge in [0, 0.05) is 24.7 Å². The van der Waals surface area contributed by atoms with Gasteiger partial charge in [-0.05, 0) is 42.3 Å². The summed E-state index contributed by atoms with van der Waals surface area (Å²) in [6.07, 6.45) is 0.598. The van der Waals surface area contributed by atoms with Crippen molar-refractivity contribution in [1.29, 1.82) is 0 Å². The monoisotopic (exact) mass is 486 g/mol. The quantitative estimate of drug-likeness (QED) is 0.518. The first-order valence-electron chi connectivity index (χ1n) is 9.67. The Balaban J connectivity index is 1.94. The molecule has 0 atom stereocenters. The van der Waals surface area contributed by atoms with E-state index in [1.54, 1.807) is 26.0 Å². The lowest BCUT2D eigenvalue weighted by Gasteiger charge is -2.19. The average molecular weight is 487 g/mol. The lowest BCUT2D eigenvalue weighted by atomic mass is 10.1. The standard InChI is InChI=1S/C21H24Cl2N2O5S/c1-3-25(4-2)31(28,29)19-13-16(7-10-18(19)23)21(27)30-14-20(26)24-12-11-15-5-8-17(22)9-6-15/h5-10,13H,3-4,11-12,14H2,1-2H3,(H,24,26). The van der Waals surface area contributed by atoms with Crippen LogP contribution in [-0.4, -0.2) is 50.8 Å². The highest BCUT2D eigenvalue weighted by molar-refractivity contribution is 7.89. The summed E-state index contributed by atoms with van der Waals surface area (Å²) in [6, 6.07) is 11.1. The molecule has 7 nitrogen and oxygen atoms in total. The van der Waals surface area contributed by atoms with Crippen LogP contribution in [0.5, 0.6) is 0 Å². The summed E-state index contributed by atoms with van der Waals surface area (Å²) in [5.74, 6) is -1.28. The maximum Gasteiger partial charge on any atom is 0.338 e. The number of benzene rings is 2. The molecule has 0 aliphatic heterocycles. The van der Waals surface area contributed by atoms with E-state index in [1.165, 1.54) is 16.4 Å². The summed E-state index contributed by atoms with van der Waals surface area (Å²) < 4.78 is 31.7. The highest BCUT2D eigenvalue weighted by atomic mass is 35.5. The summed E-state index contributed by atoms with van der Waals surface area (Å²) in [5.41, 5.74) is 0.994. The molecule has 2 rings (SSSR count). The molecular weight excluding hydrogens is 463 g/mol. The zero-order valence-corrected chi connectivity index (χ0v) is 19.6. The van der Waals surface area contributed by atoms with Crippen LogP contribution >= 0.6 is 23.2 Å². The Bertz CT molecular complexity index is 1020. The lowest BCUT2D eigenvalue weighted by Crippen LogP contribution is -2.31. The fourth-order valence-corrected chi connectivity index (χ4v) is 4.88. The molecule has 10 heteroatoms. The van der Waals surface area contributed by atoms with Crippen LogP contribution < -0.4 is 5.32 Å². The number of ether oxygens (including phenoxy) is 1. The van der Waals surface area contributed by atoms with Crippen molar-refractivity contribution < 1.29 is 22.7 Å². The summed E-state index contributed by atoms with van der Waals surface area (Å²) in [4.78, 5) is 24.1. The molecule has 1 amide bonds.